The van der Waals surface area contributed by atoms with Crippen LogP contribution < -0.4 is 10.3 Å². The van der Waals surface area contributed by atoms with E-state index in [1.54, 1.807) is 37.3 Å². The van der Waals surface area contributed by atoms with Crippen molar-refractivity contribution in [2.24, 2.45) is 5.10 Å². The van der Waals surface area contributed by atoms with Gasteiger partial charge in [-0.3, -0.25) is 4.79 Å². The zero-order valence-corrected chi connectivity index (χ0v) is 22.8. The summed E-state index contributed by atoms with van der Waals surface area (Å²) in [5.74, 6) is -0.436. The molecule has 202 valence electrons. The first-order chi connectivity index (χ1) is 18.5. The molecule has 12 heteroatoms. The molecule has 39 heavy (non-hydrogen) atoms. The van der Waals surface area contributed by atoms with E-state index in [9.17, 15) is 22.8 Å². The Balaban J connectivity index is 1.78. The highest BCUT2D eigenvalue weighted by Crippen LogP contribution is 2.35. The molecule has 3 aromatic carbocycles. The number of carbonyl (C=O) groups excluding carboxylic acids is 1. The Bertz CT molecular complexity index is 1620. The molecule has 1 heterocycles. The zero-order valence-electron chi connectivity index (χ0n) is 20.5. The van der Waals surface area contributed by atoms with Crippen LogP contribution in [0.2, 0.25) is 5.02 Å². The normalized spacial score (nSPS) is 12.6. The van der Waals surface area contributed by atoms with Gasteiger partial charge in [0.05, 0.1) is 38.8 Å². The largest absolute Gasteiger partial charge is 0.476 e. The van der Waals surface area contributed by atoms with Crippen LogP contribution in [-0.4, -0.2) is 34.6 Å². The summed E-state index contributed by atoms with van der Waals surface area (Å²) in [6.45, 7) is 3.39. The second-order valence-electron chi connectivity index (χ2n) is 8.22. The first kappa shape index (κ1) is 28.3. The standard InChI is InChI=1S/C27H20BrClF3N3O4/c1-3-38-26(37)15(2)39-23-20(28)11-16(12-21(23)29)14-33-35-24(17-7-6-8-18(13-17)27(30,31)32)34-22-10-5-4-9-19(22)25(35)36/h4-15H,3H2,1-2H3/t15-/m0/s1. The Kier molecular flexibility index (Phi) is 8.41. The second-order valence-corrected chi connectivity index (χ2v) is 9.48. The molecular weight excluding hydrogens is 603 g/mol. The Morgan fingerprint density at radius 2 is 1.92 bits per heavy atom. The summed E-state index contributed by atoms with van der Waals surface area (Å²) in [5.41, 5.74) is -0.665. The SMILES string of the molecule is CCOC(=O)[C@H](C)Oc1c(Cl)cc(C=Nn2c(-c3cccc(C(F)(F)F)c3)nc3ccccc3c2=O)cc1Br. The van der Waals surface area contributed by atoms with Crippen LogP contribution >= 0.6 is 27.5 Å². The number of para-hydroxylation sites is 1. The monoisotopic (exact) mass is 621 g/mol. The molecule has 0 spiro atoms. The van der Waals surface area contributed by atoms with Crippen molar-refractivity contribution in [3.63, 3.8) is 0 Å². The smallest absolute Gasteiger partial charge is 0.416 e. The molecule has 0 aliphatic heterocycles. The van der Waals surface area contributed by atoms with Gasteiger partial charge in [0.1, 0.15) is 0 Å². The molecule has 0 amide bonds. The number of aromatic nitrogens is 2. The maximum atomic E-state index is 13.4. The van der Waals surface area contributed by atoms with Crippen molar-refractivity contribution in [3.05, 3.63) is 91.6 Å². The first-order valence-corrected chi connectivity index (χ1v) is 12.7. The molecule has 1 atom stereocenters. The van der Waals surface area contributed by atoms with E-state index in [1.165, 1.54) is 31.3 Å². The van der Waals surface area contributed by atoms with Crippen LogP contribution in [0, 0.1) is 0 Å². The number of hydrogen-bond donors (Lipinski definition) is 0. The number of nitrogens with zero attached hydrogens (tertiary/aromatic N) is 3. The van der Waals surface area contributed by atoms with Crippen LogP contribution in [0.25, 0.3) is 22.3 Å². The highest BCUT2D eigenvalue weighted by atomic mass is 79.9. The number of rotatable bonds is 7. The Hall–Kier alpha value is -3.70. The van der Waals surface area contributed by atoms with Crippen molar-refractivity contribution < 1.29 is 27.4 Å². The van der Waals surface area contributed by atoms with Gasteiger partial charge in [0.2, 0.25) is 0 Å². The molecule has 0 fully saturated rings. The number of halogens is 5. The molecule has 0 unspecified atom stereocenters. The van der Waals surface area contributed by atoms with Gasteiger partial charge in [0.25, 0.3) is 5.56 Å². The quantitative estimate of drug-likeness (QED) is 0.169. The molecule has 0 aliphatic carbocycles. The minimum Gasteiger partial charge on any atom is -0.476 e. The number of esters is 1. The lowest BCUT2D eigenvalue weighted by molar-refractivity contribution is -0.150. The number of benzene rings is 3. The van der Waals surface area contributed by atoms with Crippen molar-refractivity contribution in [3.8, 4) is 17.1 Å². The summed E-state index contributed by atoms with van der Waals surface area (Å²) in [6, 6.07) is 14.0. The van der Waals surface area contributed by atoms with Gasteiger partial charge in [-0.05, 0) is 71.7 Å². The lowest BCUT2D eigenvalue weighted by Gasteiger charge is -2.16. The Morgan fingerprint density at radius 1 is 1.18 bits per heavy atom. The van der Waals surface area contributed by atoms with Crippen molar-refractivity contribution in [1.82, 2.24) is 9.66 Å². The molecule has 0 radical (unpaired) electrons. The zero-order chi connectivity index (χ0) is 28.3. The molecule has 4 rings (SSSR count). The van der Waals surface area contributed by atoms with Crippen LogP contribution in [0.15, 0.2) is 75.0 Å². The van der Waals surface area contributed by atoms with Gasteiger partial charge in [-0.2, -0.15) is 22.9 Å². The number of alkyl halides is 3. The third-order valence-electron chi connectivity index (χ3n) is 5.46. The van der Waals surface area contributed by atoms with Gasteiger partial charge in [-0.15, -0.1) is 0 Å². The van der Waals surface area contributed by atoms with E-state index < -0.39 is 29.4 Å². The highest BCUT2D eigenvalue weighted by molar-refractivity contribution is 9.10. The summed E-state index contributed by atoms with van der Waals surface area (Å²) in [4.78, 5) is 29.7. The summed E-state index contributed by atoms with van der Waals surface area (Å²) < 4.78 is 52.1. The van der Waals surface area contributed by atoms with Crippen LogP contribution in [0.3, 0.4) is 0 Å². The van der Waals surface area contributed by atoms with Crippen molar-refractivity contribution in [2.45, 2.75) is 26.1 Å². The van der Waals surface area contributed by atoms with E-state index in [0.717, 1.165) is 16.8 Å². The lowest BCUT2D eigenvalue weighted by atomic mass is 10.1. The number of fused-ring (bicyclic) bond motifs is 1. The summed E-state index contributed by atoms with van der Waals surface area (Å²) in [6.07, 6.45) is -4.20. The second kappa shape index (κ2) is 11.6. The molecule has 0 bridgehead atoms. The maximum Gasteiger partial charge on any atom is 0.416 e. The third kappa shape index (κ3) is 6.31. The maximum absolute atomic E-state index is 13.4. The molecule has 0 aliphatic rings. The number of ether oxygens (including phenoxy) is 2. The van der Waals surface area contributed by atoms with Crippen molar-refractivity contribution in [2.75, 3.05) is 6.61 Å². The van der Waals surface area contributed by atoms with Crippen molar-refractivity contribution >= 4 is 50.6 Å². The van der Waals surface area contributed by atoms with E-state index >= 15 is 0 Å². The van der Waals surface area contributed by atoms with Gasteiger partial charge >= 0.3 is 12.1 Å². The predicted molar refractivity (Wildman–Crippen MR) is 145 cm³/mol. The molecule has 7 nitrogen and oxygen atoms in total. The van der Waals surface area contributed by atoms with Crippen LogP contribution in [0.4, 0.5) is 13.2 Å². The van der Waals surface area contributed by atoms with E-state index in [0.29, 0.717) is 15.6 Å². The minimum atomic E-state index is -4.58. The summed E-state index contributed by atoms with van der Waals surface area (Å²) in [5, 5.41) is 4.64. The molecule has 0 saturated carbocycles. The van der Waals surface area contributed by atoms with Crippen LogP contribution in [0.1, 0.15) is 25.0 Å². The number of carbonyl (C=O) groups is 1. The van der Waals surface area contributed by atoms with Gasteiger partial charge in [-0.25, -0.2) is 9.78 Å². The van der Waals surface area contributed by atoms with Gasteiger partial charge in [0, 0.05) is 5.56 Å². The third-order valence-corrected chi connectivity index (χ3v) is 6.33. The Morgan fingerprint density at radius 3 is 2.62 bits per heavy atom. The van der Waals surface area contributed by atoms with Crippen LogP contribution in [-0.2, 0) is 15.7 Å². The molecule has 0 saturated heterocycles. The fraction of sp³-hybridized carbons (Fsp3) is 0.185. The topological polar surface area (TPSA) is 82.8 Å². The summed E-state index contributed by atoms with van der Waals surface area (Å²) in [7, 11) is 0. The number of hydrogen-bond acceptors (Lipinski definition) is 6. The average Bonchev–Trinajstić information content (AvgIpc) is 2.89. The van der Waals surface area contributed by atoms with E-state index in [4.69, 9.17) is 21.1 Å². The molecule has 4 aromatic rings. The highest BCUT2D eigenvalue weighted by Gasteiger charge is 2.31. The molecule has 0 N–H and O–H groups in total. The van der Waals surface area contributed by atoms with E-state index in [2.05, 4.69) is 26.0 Å². The van der Waals surface area contributed by atoms with Gasteiger partial charge < -0.3 is 9.47 Å². The minimum absolute atomic E-state index is 0.0562. The van der Waals surface area contributed by atoms with Crippen LogP contribution in [0.5, 0.6) is 5.75 Å². The van der Waals surface area contributed by atoms with Gasteiger partial charge in [-0.1, -0.05) is 35.9 Å². The summed E-state index contributed by atoms with van der Waals surface area (Å²) >= 11 is 9.74. The average molecular weight is 623 g/mol. The molecular formula is C27H20BrClF3N3O4. The first-order valence-electron chi connectivity index (χ1n) is 11.6. The fourth-order valence-electron chi connectivity index (χ4n) is 3.63. The van der Waals surface area contributed by atoms with E-state index in [1.807, 2.05) is 0 Å². The fourth-order valence-corrected chi connectivity index (χ4v) is 4.59. The van der Waals surface area contributed by atoms with Gasteiger partial charge in [0.15, 0.2) is 17.7 Å². The van der Waals surface area contributed by atoms with Crippen molar-refractivity contribution in [1.29, 1.82) is 0 Å². The molecule has 1 aromatic heterocycles. The Labute approximate surface area is 234 Å². The van der Waals surface area contributed by atoms with E-state index in [-0.39, 0.29) is 34.2 Å². The lowest BCUT2D eigenvalue weighted by Crippen LogP contribution is -2.26. The predicted octanol–water partition coefficient (Wildman–Crippen LogP) is 6.71.